The molecule has 3 rings (SSSR count). The van der Waals surface area contributed by atoms with Crippen LogP contribution in [0.2, 0.25) is 0 Å². The average molecular weight is 367 g/mol. The van der Waals surface area contributed by atoms with Crippen LogP contribution in [0.25, 0.3) is 0 Å². The first-order valence-corrected chi connectivity index (χ1v) is 10.4. The van der Waals surface area contributed by atoms with Crippen LogP contribution in [-0.2, 0) is 14.3 Å². The Balaban J connectivity index is 1.81. The second-order valence-corrected chi connectivity index (χ2v) is 10.6. The molecule has 0 aromatic heterocycles. The highest BCUT2D eigenvalue weighted by molar-refractivity contribution is 5.65. The van der Waals surface area contributed by atoms with E-state index in [1.807, 2.05) is 6.92 Å². The Morgan fingerprint density at radius 1 is 1.08 bits per heavy atom. The zero-order chi connectivity index (χ0) is 19.4. The zero-order valence-electron chi connectivity index (χ0n) is 17.6. The Morgan fingerprint density at radius 3 is 2.38 bits per heavy atom. The lowest BCUT2D eigenvalue weighted by molar-refractivity contribution is -0.288. The van der Waals surface area contributed by atoms with Crippen molar-refractivity contribution in [2.75, 3.05) is 6.61 Å². The van der Waals surface area contributed by atoms with Crippen LogP contribution in [0.5, 0.6) is 0 Å². The van der Waals surface area contributed by atoms with Crippen LogP contribution in [0.15, 0.2) is 0 Å². The summed E-state index contributed by atoms with van der Waals surface area (Å²) in [6, 6.07) is 0. The molecule has 26 heavy (non-hydrogen) atoms. The molecule has 2 saturated carbocycles. The molecule has 0 aromatic carbocycles. The molecule has 0 bridgehead atoms. The first-order valence-electron chi connectivity index (χ1n) is 10.4. The van der Waals surface area contributed by atoms with E-state index in [0.29, 0.717) is 16.7 Å². The van der Waals surface area contributed by atoms with Gasteiger partial charge in [0.25, 0.3) is 0 Å². The Bertz CT molecular complexity index is 558. The number of hydrogen-bond donors (Lipinski definition) is 1. The number of esters is 1. The topological polar surface area (TPSA) is 55.8 Å². The van der Waals surface area contributed by atoms with Gasteiger partial charge in [-0.3, -0.25) is 4.79 Å². The predicted molar refractivity (Wildman–Crippen MR) is 102 cm³/mol. The fourth-order valence-corrected chi connectivity index (χ4v) is 6.99. The Kier molecular flexibility index (Phi) is 5.02. The third kappa shape index (κ3) is 3.22. The Labute approximate surface area is 159 Å². The van der Waals surface area contributed by atoms with E-state index in [0.717, 1.165) is 25.2 Å². The molecule has 6 unspecified atom stereocenters. The van der Waals surface area contributed by atoms with E-state index in [9.17, 15) is 9.90 Å². The third-order valence-corrected chi connectivity index (χ3v) is 8.28. The van der Waals surface area contributed by atoms with Crippen LogP contribution >= 0.6 is 0 Å². The normalized spacial score (nSPS) is 46.0. The summed E-state index contributed by atoms with van der Waals surface area (Å²) in [6.45, 7) is 13.0. The number of carbonyl (C=O) groups excluding carboxylic acids is 1. The van der Waals surface area contributed by atoms with Crippen LogP contribution in [0, 0.1) is 22.7 Å². The van der Waals surface area contributed by atoms with Crippen LogP contribution in [0.4, 0.5) is 0 Å². The number of ether oxygens (including phenoxy) is 2. The molecule has 2 aliphatic carbocycles. The molecule has 3 aliphatic rings. The lowest BCUT2D eigenvalue weighted by Crippen LogP contribution is -2.65. The molecular weight excluding hydrogens is 328 g/mol. The van der Waals surface area contributed by atoms with Crippen molar-refractivity contribution in [3.05, 3.63) is 0 Å². The first-order chi connectivity index (χ1) is 11.9. The Hall–Kier alpha value is -0.610. The number of fused-ring (bicyclic) bond motifs is 3. The van der Waals surface area contributed by atoms with Crippen molar-refractivity contribution in [2.24, 2.45) is 22.7 Å². The van der Waals surface area contributed by atoms with Gasteiger partial charge in [-0.25, -0.2) is 0 Å². The molecular formula is C22H38O4. The van der Waals surface area contributed by atoms with Gasteiger partial charge in [0, 0.05) is 6.92 Å². The van der Waals surface area contributed by atoms with E-state index in [4.69, 9.17) is 9.47 Å². The second-order valence-electron chi connectivity index (χ2n) is 10.6. The van der Waals surface area contributed by atoms with Crippen molar-refractivity contribution in [3.63, 3.8) is 0 Å². The maximum absolute atomic E-state index is 11.1. The molecule has 4 nitrogen and oxygen atoms in total. The molecule has 1 heterocycles. The quantitative estimate of drug-likeness (QED) is 0.748. The van der Waals surface area contributed by atoms with Gasteiger partial charge in [-0.15, -0.1) is 0 Å². The molecule has 4 heteroatoms. The summed E-state index contributed by atoms with van der Waals surface area (Å²) in [5.74, 6) is 0.924. The van der Waals surface area contributed by atoms with Gasteiger partial charge in [-0.05, 0) is 75.0 Å². The summed E-state index contributed by atoms with van der Waals surface area (Å²) in [4.78, 5) is 11.1. The smallest absolute Gasteiger partial charge is 0.302 e. The van der Waals surface area contributed by atoms with Crippen LogP contribution < -0.4 is 0 Å². The predicted octanol–water partition coefficient (Wildman–Crippen LogP) is 4.48. The summed E-state index contributed by atoms with van der Waals surface area (Å²) in [5, 5.41) is 10.7. The summed E-state index contributed by atoms with van der Waals surface area (Å²) in [7, 11) is 0. The zero-order valence-corrected chi connectivity index (χ0v) is 17.6. The highest BCUT2D eigenvalue weighted by Crippen LogP contribution is 2.65. The minimum atomic E-state index is -0.780. The summed E-state index contributed by atoms with van der Waals surface area (Å²) in [5.41, 5.74) is -0.127. The van der Waals surface area contributed by atoms with E-state index < -0.39 is 11.7 Å². The summed E-state index contributed by atoms with van der Waals surface area (Å²) in [6.07, 6.45) is 7.29. The van der Waals surface area contributed by atoms with Gasteiger partial charge in [0.2, 0.25) is 0 Å². The molecule has 1 saturated heterocycles. The van der Waals surface area contributed by atoms with Gasteiger partial charge in [0.05, 0.1) is 11.2 Å². The van der Waals surface area contributed by atoms with Gasteiger partial charge in [-0.1, -0.05) is 27.2 Å². The average Bonchev–Trinajstić information content (AvgIpc) is 2.50. The van der Waals surface area contributed by atoms with Crippen molar-refractivity contribution < 1.29 is 19.4 Å². The van der Waals surface area contributed by atoms with Crippen molar-refractivity contribution in [3.8, 4) is 0 Å². The second kappa shape index (κ2) is 6.48. The first kappa shape index (κ1) is 20.1. The lowest BCUT2D eigenvalue weighted by atomic mass is 9.44. The molecule has 1 aliphatic heterocycles. The van der Waals surface area contributed by atoms with Crippen LogP contribution in [0.3, 0.4) is 0 Å². The highest BCUT2D eigenvalue weighted by atomic mass is 16.6. The molecule has 0 amide bonds. The minimum absolute atomic E-state index is 0.0134. The van der Waals surface area contributed by atoms with Crippen LogP contribution in [-0.4, -0.2) is 35.0 Å². The van der Waals surface area contributed by atoms with E-state index in [1.54, 1.807) is 0 Å². The monoisotopic (exact) mass is 366 g/mol. The third-order valence-electron chi connectivity index (χ3n) is 8.28. The lowest BCUT2D eigenvalue weighted by Gasteiger charge is -2.65. The highest BCUT2D eigenvalue weighted by Gasteiger charge is 2.62. The molecule has 6 atom stereocenters. The summed E-state index contributed by atoms with van der Waals surface area (Å²) >= 11 is 0. The van der Waals surface area contributed by atoms with Crippen molar-refractivity contribution in [2.45, 2.75) is 104 Å². The largest absolute Gasteiger partial charge is 0.463 e. The van der Waals surface area contributed by atoms with Gasteiger partial charge < -0.3 is 14.6 Å². The van der Waals surface area contributed by atoms with Crippen molar-refractivity contribution in [1.82, 2.24) is 0 Å². The number of carbonyl (C=O) groups is 1. The molecule has 3 fully saturated rings. The molecule has 0 radical (unpaired) electrons. The fraction of sp³-hybridized carbons (Fsp3) is 0.955. The van der Waals surface area contributed by atoms with E-state index in [1.165, 1.54) is 32.6 Å². The van der Waals surface area contributed by atoms with E-state index in [-0.39, 0.29) is 18.2 Å². The maximum Gasteiger partial charge on any atom is 0.302 e. The number of rotatable bonds is 3. The molecule has 1 N–H and O–H groups in total. The van der Waals surface area contributed by atoms with Gasteiger partial charge in [0.1, 0.15) is 12.7 Å². The van der Waals surface area contributed by atoms with Gasteiger partial charge >= 0.3 is 5.97 Å². The van der Waals surface area contributed by atoms with Crippen molar-refractivity contribution >= 4 is 5.97 Å². The Morgan fingerprint density at radius 2 is 1.73 bits per heavy atom. The fourth-order valence-electron chi connectivity index (χ4n) is 6.99. The van der Waals surface area contributed by atoms with Gasteiger partial charge in [-0.2, -0.15) is 0 Å². The SMILES string of the molecule is CC(=O)OCC(O)C1(C)CCC2C(C)(CCC3C(C)(C)CCCC32C)O1. The van der Waals surface area contributed by atoms with E-state index in [2.05, 4.69) is 27.7 Å². The number of hydrogen-bond acceptors (Lipinski definition) is 4. The molecule has 150 valence electrons. The standard InChI is InChI=1S/C22H38O4/c1-15(23)25-14-18(24)22(6)13-9-17-20(4)11-7-10-19(2,3)16(20)8-12-21(17,5)26-22/h16-18,24H,7-14H2,1-6H3. The van der Waals surface area contributed by atoms with Crippen LogP contribution in [0.1, 0.15) is 86.5 Å². The maximum atomic E-state index is 11.1. The van der Waals surface area contributed by atoms with Gasteiger partial charge in [0.15, 0.2) is 0 Å². The number of aliphatic hydroxyl groups excluding tert-OH is 1. The number of aliphatic hydroxyl groups is 1. The molecule has 0 spiro atoms. The van der Waals surface area contributed by atoms with E-state index >= 15 is 0 Å². The summed E-state index contributed by atoms with van der Waals surface area (Å²) < 4.78 is 11.8. The van der Waals surface area contributed by atoms with Crippen molar-refractivity contribution in [1.29, 1.82) is 0 Å². The molecule has 0 aromatic rings. The minimum Gasteiger partial charge on any atom is -0.463 e.